The van der Waals surface area contributed by atoms with E-state index in [0.717, 1.165) is 11.3 Å². The van der Waals surface area contributed by atoms with Crippen LogP contribution in [0.2, 0.25) is 0 Å². The Kier molecular flexibility index (Phi) is 2.86. The number of rotatable bonds is 1. The van der Waals surface area contributed by atoms with E-state index in [1.165, 1.54) is 7.11 Å². The van der Waals surface area contributed by atoms with Crippen molar-refractivity contribution in [2.24, 2.45) is 0 Å². The molecule has 0 aliphatic rings. The lowest BCUT2D eigenvalue weighted by molar-refractivity contribution is 0.0607. The van der Waals surface area contributed by atoms with E-state index in [4.69, 9.17) is 5.73 Å². The molecule has 0 saturated heterocycles. The fourth-order valence-electron chi connectivity index (χ4n) is 1.37. The number of esters is 1. The number of thiophene rings is 1. The van der Waals surface area contributed by atoms with E-state index in [9.17, 15) is 9.18 Å². The number of nitrogen functional groups attached to an aromatic ring is 1. The van der Waals surface area contributed by atoms with Gasteiger partial charge in [0.1, 0.15) is 4.88 Å². The molecule has 3 nitrogen and oxygen atoms in total. The quantitative estimate of drug-likeness (QED) is 0.823. The Balaban J connectivity index is 2.77. The van der Waals surface area contributed by atoms with Gasteiger partial charge in [0.25, 0.3) is 0 Å². The van der Waals surface area contributed by atoms with Gasteiger partial charge in [-0.15, -0.1) is 11.3 Å². The van der Waals surface area contributed by atoms with Crippen LogP contribution in [0.3, 0.4) is 0 Å². The number of hydrogen-bond acceptors (Lipinski definition) is 4. The second-order valence-electron chi connectivity index (χ2n) is 3.07. The first kappa shape index (κ1) is 11.3. The largest absolute Gasteiger partial charge is 0.465 e. The van der Waals surface area contributed by atoms with Crippen molar-refractivity contribution in [1.29, 1.82) is 0 Å². The summed E-state index contributed by atoms with van der Waals surface area (Å²) in [5.41, 5.74) is 6.02. The topological polar surface area (TPSA) is 52.3 Å². The van der Waals surface area contributed by atoms with Gasteiger partial charge in [0.2, 0.25) is 0 Å². The molecule has 0 radical (unpaired) electrons. The van der Waals surface area contributed by atoms with Gasteiger partial charge in [0, 0.05) is 5.39 Å². The van der Waals surface area contributed by atoms with Gasteiger partial charge in [0.05, 0.1) is 22.0 Å². The van der Waals surface area contributed by atoms with Crippen molar-refractivity contribution in [1.82, 2.24) is 0 Å². The van der Waals surface area contributed by atoms with Crippen molar-refractivity contribution >= 4 is 49.0 Å². The molecule has 2 N–H and O–H groups in total. The minimum absolute atomic E-state index is 0.231. The van der Waals surface area contributed by atoms with Crippen LogP contribution < -0.4 is 5.73 Å². The summed E-state index contributed by atoms with van der Waals surface area (Å²) in [6.07, 6.45) is 0. The van der Waals surface area contributed by atoms with Crippen LogP contribution in [0, 0.1) is 5.82 Å². The maximum atomic E-state index is 13.7. The molecule has 0 fully saturated rings. The molecule has 0 saturated carbocycles. The second-order valence-corrected chi connectivity index (χ2v) is 4.95. The van der Waals surface area contributed by atoms with Gasteiger partial charge in [-0.2, -0.15) is 0 Å². The highest BCUT2D eigenvalue weighted by molar-refractivity contribution is 9.10. The maximum absolute atomic E-state index is 13.7. The van der Waals surface area contributed by atoms with E-state index in [1.54, 1.807) is 12.1 Å². The standard InChI is InChI=1S/C10H7BrFNO2S/c1-15-10(14)9-7(13)4-2-3-5(11)6(12)8(4)16-9/h2-3H,13H2,1H3. The van der Waals surface area contributed by atoms with Crippen molar-refractivity contribution in [2.75, 3.05) is 12.8 Å². The predicted octanol–water partition coefficient (Wildman–Crippen LogP) is 3.17. The number of nitrogens with two attached hydrogens (primary N) is 1. The summed E-state index contributed by atoms with van der Waals surface area (Å²) in [6, 6.07) is 3.22. The number of halogens is 2. The number of carbonyl (C=O) groups excluding carboxylic acids is 1. The molecule has 0 bridgehead atoms. The van der Waals surface area contributed by atoms with Gasteiger partial charge >= 0.3 is 5.97 Å². The number of fused-ring (bicyclic) bond motifs is 1. The summed E-state index contributed by atoms with van der Waals surface area (Å²) in [6.45, 7) is 0. The number of benzene rings is 1. The van der Waals surface area contributed by atoms with Crippen LogP contribution in [0.25, 0.3) is 10.1 Å². The van der Waals surface area contributed by atoms with Crippen LogP contribution in [-0.2, 0) is 4.74 Å². The highest BCUT2D eigenvalue weighted by atomic mass is 79.9. The zero-order chi connectivity index (χ0) is 11.9. The van der Waals surface area contributed by atoms with Crippen molar-refractivity contribution in [3.05, 3.63) is 27.3 Å². The third kappa shape index (κ3) is 1.58. The molecule has 2 rings (SSSR count). The van der Waals surface area contributed by atoms with Gasteiger partial charge in [-0.25, -0.2) is 9.18 Å². The average molecular weight is 304 g/mol. The lowest BCUT2D eigenvalue weighted by Crippen LogP contribution is -2.01. The van der Waals surface area contributed by atoms with E-state index in [1.807, 2.05) is 0 Å². The first-order valence-corrected chi connectivity index (χ1v) is 5.91. The molecule has 1 aromatic carbocycles. The molecular weight excluding hydrogens is 297 g/mol. The highest BCUT2D eigenvalue weighted by Gasteiger charge is 2.19. The summed E-state index contributed by atoms with van der Waals surface area (Å²) >= 11 is 4.07. The minimum Gasteiger partial charge on any atom is -0.465 e. The van der Waals surface area contributed by atoms with Crippen LogP contribution in [-0.4, -0.2) is 13.1 Å². The normalized spacial score (nSPS) is 10.7. The zero-order valence-corrected chi connectivity index (χ0v) is 10.6. The molecule has 1 aromatic heterocycles. The Morgan fingerprint density at radius 1 is 1.56 bits per heavy atom. The molecule has 2 aromatic rings. The Morgan fingerprint density at radius 2 is 2.25 bits per heavy atom. The lowest BCUT2D eigenvalue weighted by Gasteiger charge is -1.96. The minimum atomic E-state index is -0.547. The Morgan fingerprint density at radius 3 is 2.88 bits per heavy atom. The molecule has 0 atom stereocenters. The van der Waals surface area contributed by atoms with E-state index in [-0.39, 0.29) is 10.6 Å². The van der Waals surface area contributed by atoms with Crippen LogP contribution >= 0.6 is 27.3 Å². The smallest absolute Gasteiger partial charge is 0.350 e. The van der Waals surface area contributed by atoms with E-state index >= 15 is 0 Å². The van der Waals surface area contributed by atoms with Crippen LogP contribution in [0.4, 0.5) is 10.1 Å². The fourth-order valence-corrected chi connectivity index (χ4v) is 2.91. The van der Waals surface area contributed by atoms with Crippen molar-refractivity contribution in [3.8, 4) is 0 Å². The molecule has 84 valence electrons. The van der Waals surface area contributed by atoms with Crippen molar-refractivity contribution in [2.45, 2.75) is 0 Å². The molecule has 0 aliphatic carbocycles. The molecule has 0 aliphatic heterocycles. The number of carbonyl (C=O) groups is 1. The summed E-state index contributed by atoms with van der Waals surface area (Å²) in [7, 11) is 1.26. The monoisotopic (exact) mass is 303 g/mol. The summed E-state index contributed by atoms with van der Waals surface area (Å²) in [5.74, 6) is -0.960. The van der Waals surface area contributed by atoms with Gasteiger partial charge in [-0.3, -0.25) is 0 Å². The van der Waals surface area contributed by atoms with Crippen LogP contribution in [0.5, 0.6) is 0 Å². The molecule has 0 amide bonds. The molecule has 0 spiro atoms. The van der Waals surface area contributed by atoms with Crippen LogP contribution in [0.15, 0.2) is 16.6 Å². The fraction of sp³-hybridized carbons (Fsp3) is 0.100. The molecule has 1 heterocycles. The summed E-state index contributed by atoms with van der Waals surface area (Å²) < 4.78 is 19.0. The molecule has 0 unspecified atom stereocenters. The Bertz CT molecular complexity index is 582. The third-order valence-electron chi connectivity index (χ3n) is 2.16. The van der Waals surface area contributed by atoms with Crippen LogP contribution in [0.1, 0.15) is 9.67 Å². The molecule has 16 heavy (non-hydrogen) atoms. The van der Waals surface area contributed by atoms with Gasteiger partial charge in [-0.1, -0.05) is 6.07 Å². The summed E-state index contributed by atoms with van der Waals surface area (Å²) in [4.78, 5) is 11.6. The highest BCUT2D eigenvalue weighted by Crippen LogP contribution is 2.37. The van der Waals surface area contributed by atoms with E-state index in [2.05, 4.69) is 20.7 Å². The first-order chi connectivity index (χ1) is 7.56. The first-order valence-electron chi connectivity index (χ1n) is 4.30. The number of anilines is 1. The van der Waals surface area contributed by atoms with E-state index in [0.29, 0.717) is 14.6 Å². The van der Waals surface area contributed by atoms with Crippen molar-refractivity contribution in [3.63, 3.8) is 0 Å². The number of hydrogen-bond donors (Lipinski definition) is 1. The Labute approximate surface area is 103 Å². The second kappa shape index (κ2) is 4.03. The summed E-state index contributed by atoms with van der Waals surface area (Å²) in [5, 5.41) is 0.533. The maximum Gasteiger partial charge on any atom is 0.350 e. The zero-order valence-electron chi connectivity index (χ0n) is 8.21. The van der Waals surface area contributed by atoms with E-state index < -0.39 is 11.8 Å². The molecular formula is C10H7BrFNO2S. The number of methoxy groups -OCH3 is 1. The number of ether oxygens (including phenoxy) is 1. The Hall–Kier alpha value is -1.14. The SMILES string of the molecule is COC(=O)c1sc2c(F)c(Br)ccc2c1N. The van der Waals surface area contributed by atoms with Gasteiger partial charge in [-0.05, 0) is 22.0 Å². The van der Waals surface area contributed by atoms with Crippen molar-refractivity contribution < 1.29 is 13.9 Å². The molecule has 6 heteroatoms. The average Bonchev–Trinajstić information content (AvgIpc) is 2.61. The van der Waals surface area contributed by atoms with Gasteiger partial charge < -0.3 is 10.5 Å². The van der Waals surface area contributed by atoms with Gasteiger partial charge in [0.15, 0.2) is 5.82 Å². The lowest BCUT2D eigenvalue weighted by atomic mass is 10.2. The predicted molar refractivity (Wildman–Crippen MR) is 65.2 cm³/mol. The third-order valence-corrected chi connectivity index (χ3v) is 3.97.